The molecule has 0 amide bonds. The standard InChI is InChI=1S/C18H29N3/c1-3-4-21-11-15(10-20-21)16(19)18-8-13-5-14(9-18)7-17(2,6-13)12-18/h10-11,13-14,16H,3-9,12,19H2,1-2H3. The van der Waals surface area contributed by atoms with E-state index in [0.717, 1.165) is 24.8 Å². The van der Waals surface area contributed by atoms with Crippen LogP contribution in [0.5, 0.6) is 0 Å². The molecule has 0 aromatic carbocycles. The first kappa shape index (κ1) is 13.8. The summed E-state index contributed by atoms with van der Waals surface area (Å²) in [5.41, 5.74) is 9.01. The third-order valence-corrected chi connectivity index (χ3v) is 6.52. The minimum Gasteiger partial charge on any atom is -0.323 e. The van der Waals surface area contributed by atoms with Crippen molar-refractivity contribution >= 4 is 0 Å². The number of nitrogens with zero attached hydrogens (tertiary/aromatic N) is 2. The van der Waals surface area contributed by atoms with Crippen LogP contribution in [0.25, 0.3) is 0 Å². The van der Waals surface area contributed by atoms with Crippen LogP contribution in [-0.2, 0) is 6.54 Å². The molecule has 4 saturated carbocycles. The average Bonchev–Trinajstić information content (AvgIpc) is 2.84. The lowest BCUT2D eigenvalue weighted by Crippen LogP contribution is -2.54. The second-order valence-corrected chi connectivity index (χ2v) is 8.65. The SMILES string of the molecule is CCCn1cc(C(N)C23CC4CC(CC(C)(C4)C2)C3)cn1. The summed E-state index contributed by atoms with van der Waals surface area (Å²) in [6, 6.07) is 0.188. The first-order valence-corrected chi connectivity index (χ1v) is 8.80. The van der Waals surface area contributed by atoms with Gasteiger partial charge in [0.05, 0.1) is 6.20 Å². The molecule has 3 unspecified atom stereocenters. The van der Waals surface area contributed by atoms with E-state index in [1.165, 1.54) is 44.1 Å². The van der Waals surface area contributed by atoms with Crippen molar-refractivity contribution in [3.05, 3.63) is 18.0 Å². The van der Waals surface area contributed by atoms with Crippen molar-refractivity contribution in [2.24, 2.45) is 28.4 Å². The van der Waals surface area contributed by atoms with Gasteiger partial charge in [0.1, 0.15) is 0 Å². The highest BCUT2D eigenvalue weighted by Gasteiger charge is 2.57. The number of nitrogens with two attached hydrogens (primary N) is 1. The van der Waals surface area contributed by atoms with E-state index >= 15 is 0 Å². The van der Waals surface area contributed by atoms with Crippen LogP contribution in [-0.4, -0.2) is 9.78 Å². The molecular formula is C18H29N3. The Bertz CT molecular complexity index is 518. The molecule has 4 aliphatic rings. The zero-order valence-electron chi connectivity index (χ0n) is 13.5. The van der Waals surface area contributed by atoms with Crippen molar-refractivity contribution in [1.29, 1.82) is 0 Å². The smallest absolute Gasteiger partial charge is 0.0537 e. The Balaban J connectivity index is 1.62. The van der Waals surface area contributed by atoms with E-state index in [9.17, 15) is 0 Å². The lowest BCUT2D eigenvalue weighted by molar-refractivity contribution is -0.113. The van der Waals surface area contributed by atoms with Crippen molar-refractivity contribution in [1.82, 2.24) is 9.78 Å². The molecule has 0 aliphatic heterocycles. The molecule has 1 aromatic heterocycles. The molecule has 1 aromatic rings. The van der Waals surface area contributed by atoms with Gasteiger partial charge in [0.25, 0.3) is 0 Å². The zero-order chi connectivity index (χ0) is 14.7. The van der Waals surface area contributed by atoms with Crippen molar-refractivity contribution in [2.75, 3.05) is 0 Å². The molecule has 21 heavy (non-hydrogen) atoms. The van der Waals surface area contributed by atoms with Gasteiger partial charge in [-0.2, -0.15) is 5.10 Å². The molecule has 0 radical (unpaired) electrons. The van der Waals surface area contributed by atoms with Gasteiger partial charge in [0, 0.05) is 24.3 Å². The number of hydrogen-bond donors (Lipinski definition) is 1. The second kappa shape index (κ2) is 4.58. The van der Waals surface area contributed by atoms with E-state index in [0.29, 0.717) is 10.8 Å². The van der Waals surface area contributed by atoms with E-state index in [1.807, 2.05) is 6.20 Å². The van der Waals surface area contributed by atoms with Crippen molar-refractivity contribution in [3.63, 3.8) is 0 Å². The molecule has 0 spiro atoms. The van der Waals surface area contributed by atoms with Crippen LogP contribution in [0, 0.1) is 22.7 Å². The van der Waals surface area contributed by atoms with E-state index in [4.69, 9.17) is 5.73 Å². The predicted octanol–water partition coefficient (Wildman–Crippen LogP) is 3.90. The molecule has 4 bridgehead atoms. The normalized spacial score (nSPS) is 42.4. The van der Waals surface area contributed by atoms with Crippen LogP contribution in [0.1, 0.15) is 70.4 Å². The monoisotopic (exact) mass is 287 g/mol. The lowest BCUT2D eigenvalue weighted by atomic mass is 9.43. The van der Waals surface area contributed by atoms with Crippen molar-refractivity contribution < 1.29 is 0 Å². The molecule has 5 rings (SSSR count). The molecule has 116 valence electrons. The zero-order valence-corrected chi connectivity index (χ0v) is 13.5. The van der Waals surface area contributed by atoms with Crippen LogP contribution in [0.4, 0.5) is 0 Å². The first-order valence-electron chi connectivity index (χ1n) is 8.80. The highest BCUT2D eigenvalue weighted by Crippen LogP contribution is 2.67. The maximum Gasteiger partial charge on any atom is 0.0537 e. The number of aryl methyl sites for hydroxylation is 1. The summed E-state index contributed by atoms with van der Waals surface area (Å²) in [5, 5.41) is 4.51. The molecule has 4 aliphatic carbocycles. The van der Waals surface area contributed by atoms with Crippen LogP contribution in [0.2, 0.25) is 0 Å². The predicted molar refractivity (Wildman–Crippen MR) is 84.7 cm³/mol. The van der Waals surface area contributed by atoms with Crippen LogP contribution < -0.4 is 5.73 Å². The van der Waals surface area contributed by atoms with E-state index < -0.39 is 0 Å². The number of aromatic nitrogens is 2. The quantitative estimate of drug-likeness (QED) is 0.912. The van der Waals surface area contributed by atoms with Gasteiger partial charge >= 0.3 is 0 Å². The summed E-state index contributed by atoms with van der Waals surface area (Å²) >= 11 is 0. The van der Waals surface area contributed by atoms with Crippen LogP contribution in [0.3, 0.4) is 0 Å². The number of hydrogen-bond acceptors (Lipinski definition) is 2. The van der Waals surface area contributed by atoms with Gasteiger partial charge in [-0.15, -0.1) is 0 Å². The largest absolute Gasteiger partial charge is 0.323 e. The molecule has 3 nitrogen and oxygen atoms in total. The van der Waals surface area contributed by atoms with Gasteiger partial charge < -0.3 is 5.73 Å². The maximum atomic E-state index is 6.81. The molecule has 1 heterocycles. The summed E-state index contributed by atoms with van der Waals surface area (Å²) in [6.45, 7) is 5.72. The highest BCUT2D eigenvalue weighted by atomic mass is 15.3. The topological polar surface area (TPSA) is 43.8 Å². The Morgan fingerprint density at radius 1 is 1.33 bits per heavy atom. The van der Waals surface area contributed by atoms with Crippen molar-refractivity contribution in [2.45, 2.75) is 71.4 Å². The second-order valence-electron chi connectivity index (χ2n) is 8.65. The summed E-state index contributed by atoms with van der Waals surface area (Å²) in [4.78, 5) is 0. The third-order valence-electron chi connectivity index (χ3n) is 6.52. The van der Waals surface area contributed by atoms with Crippen LogP contribution >= 0.6 is 0 Å². The fourth-order valence-corrected chi connectivity index (χ4v) is 6.41. The minimum absolute atomic E-state index is 0.188. The Labute approximate surface area is 128 Å². The minimum atomic E-state index is 0.188. The van der Waals surface area contributed by atoms with E-state index in [-0.39, 0.29) is 6.04 Å². The van der Waals surface area contributed by atoms with Crippen molar-refractivity contribution in [3.8, 4) is 0 Å². The summed E-state index contributed by atoms with van der Waals surface area (Å²) in [7, 11) is 0. The highest BCUT2D eigenvalue weighted by molar-refractivity contribution is 5.19. The Morgan fingerprint density at radius 2 is 2.05 bits per heavy atom. The Morgan fingerprint density at radius 3 is 2.67 bits per heavy atom. The van der Waals surface area contributed by atoms with Gasteiger partial charge in [-0.25, -0.2) is 0 Å². The number of rotatable bonds is 4. The summed E-state index contributed by atoms with van der Waals surface area (Å²) in [5.74, 6) is 1.88. The van der Waals surface area contributed by atoms with Gasteiger partial charge in [-0.3, -0.25) is 4.68 Å². The Kier molecular flexibility index (Phi) is 3.01. The molecule has 0 saturated heterocycles. The first-order chi connectivity index (χ1) is 10.0. The van der Waals surface area contributed by atoms with E-state index in [1.54, 1.807) is 0 Å². The van der Waals surface area contributed by atoms with Gasteiger partial charge in [0.15, 0.2) is 0 Å². The molecule has 4 fully saturated rings. The maximum absolute atomic E-state index is 6.81. The fourth-order valence-electron chi connectivity index (χ4n) is 6.41. The van der Waals surface area contributed by atoms with Gasteiger partial charge in [0.2, 0.25) is 0 Å². The van der Waals surface area contributed by atoms with E-state index in [2.05, 4.69) is 29.8 Å². The Hall–Kier alpha value is -0.830. The third kappa shape index (κ3) is 2.16. The average molecular weight is 287 g/mol. The summed E-state index contributed by atoms with van der Waals surface area (Å²) < 4.78 is 2.07. The summed E-state index contributed by atoms with van der Waals surface area (Å²) in [6.07, 6.45) is 13.8. The van der Waals surface area contributed by atoms with Crippen LogP contribution in [0.15, 0.2) is 12.4 Å². The van der Waals surface area contributed by atoms with Gasteiger partial charge in [-0.1, -0.05) is 13.8 Å². The molecule has 3 atom stereocenters. The molecule has 3 heteroatoms. The fraction of sp³-hybridized carbons (Fsp3) is 0.833. The van der Waals surface area contributed by atoms with Gasteiger partial charge in [-0.05, 0) is 67.6 Å². The molecule has 2 N–H and O–H groups in total. The lowest BCUT2D eigenvalue weighted by Gasteiger charge is -2.63. The molecular weight excluding hydrogens is 258 g/mol.